The summed E-state index contributed by atoms with van der Waals surface area (Å²) in [6, 6.07) is 13.9. The van der Waals surface area contributed by atoms with Gasteiger partial charge < -0.3 is 15.4 Å². The van der Waals surface area contributed by atoms with E-state index in [4.69, 9.17) is 4.74 Å². The van der Waals surface area contributed by atoms with Crippen LogP contribution in [0, 0.1) is 5.82 Å². The van der Waals surface area contributed by atoms with Crippen molar-refractivity contribution in [2.24, 2.45) is 0 Å². The highest BCUT2D eigenvalue weighted by atomic mass is 19.1. The molecule has 0 saturated heterocycles. The Morgan fingerprint density at radius 3 is 2.26 bits per heavy atom. The van der Waals surface area contributed by atoms with Crippen LogP contribution in [-0.4, -0.2) is 21.8 Å². The third-order valence-electron chi connectivity index (χ3n) is 3.44. The molecule has 27 heavy (non-hydrogen) atoms. The lowest BCUT2D eigenvalue weighted by atomic mass is 10.2. The summed E-state index contributed by atoms with van der Waals surface area (Å²) in [5.74, 6) is -1.48. The zero-order valence-corrected chi connectivity index (χ0v) is 14.1. The predicted molar refractivity (Wildman–Crippen MR) is 95.4 cm³/mol. The van der Waals surface area contributed by atoms with E-state index in [1.54, 1.807) is 42.7 Å². The quantitative estimate of drug-likeness (QED) is 0.677. The van der Waals surface area contributed by atoms with Crippen LogP contribution in [0.3, 0.4) is 0 Å². The van der Waals surface area contributed by atoms with Gasteiger partial charge in [0.25, 0.3) is 0 Å². The largest absolute Gasteiger partial charge is 0.424 e. The maximum absolute atomic E-state index is 12.8. The summed E-state index contributed by atoms with van der Waals surface area (Å²) >= 11 is 0. The summed E-state index contributed by atoms with van der Waals surface area (Å²) in [6.45, 7) is 0.121. The lowest BCUT2D eigenvalue weighted by Crippen LogP contribution is -2.34. The van der Waals surface area contributed by atoms with E-state index in [1.807, 2.05) is 0 Å². The SMILES string of the molecule is O=C(NCc1ccc(F)cc1)C(=O)Nc1ccc(Oc2ncccn2)cc1. The van der Waals surface area contributed by atoms with Crippen LogP contribution in [0.4, 0.5) is 10.1 Å². The van der Waals surface area contributed by atoms with Crippen LogP contribution in [0.1, 0.15) is 5.56 Å². The Morgan fingerprint density at radius 2 is 1.59 bits per heavy atom. The van der Waals surface area contributed by atoms with E-state index in [1.165, 1.54) is 24.3 Å². The molecule has 0 aliphatic heterocycles. The Balaban J connectivity index is 1.51. The van der Waals surface area contributed by atoms with Gasteiger partial charge in [-0.3, -0.25) is 9.59 Å². The van der Waals surface area contributed by atoms with Crippen molar-refractivity contribution < 1.29 is 18.7 Å². The molecule has 3 rings (SSSR count). The molecule has 2 amide bonds. The van der Waals surface area contributed by atoms with E-state index in [-0.39, 0.29) is 18.4 Å². The first-order valence-corrected chi connectivity index (χ1v) is 7.99. The molecule has 2 N–H and O–H groups in total. The number of anilines is 1. The van der Waals surface area contributed by atoms with E-state index >= 15 is 0 Å². The summed E-state index contributed by atoms with van der Waals surface area (Å²) in [6.07, 6.45) is 3.11. The highest BCUT2D eigenvalue weighted by molar-refractivity contribution is 6.39. The molecule has 0 saturated carbocycles. The van der Waals surface area contributed by atoms with Gasteiger partial charge >= 0.3 is 17.8 Å². The second kappa shape index (κ2) is 8.52. The molecule has 8 heteroatoms. The number of nitrogens with one attached hydrogen (secondary N) is 2. The van der Waals surface area contributed by atoms with Crippen LogP contribution in [0.25, 0.3) is 0 Å². The molecule has 2 aromatic carbocycles. The molecular formula is C19H15FN4O3. The Bertz CT molecular complexity index is 916. The normalized spacial score (nSPS) is 10.1. The first-order valence-electron chi connectivity index (χ1n) is 7.99. The number of nitrogens with zero attached hydrogens (tertiary/aromatic N) is 2. The van der Waals surface area contributed by atoms with Gasteiger partial charge in [0.15, 0.2) is 0 Å². The van der Waals surface area contributed by atoms with Crippen molar-refractivity contribution in [3.63, 3.8) is 0 Å². The van der Waals surface area contributed by atoms with Crippen molar-refractivity contribution in [1.82, 2.24) is 15.3 Å². The number of carbonyl (C=O) groups excluding carboxylic acids is 2. The Kier molecular flexibility index (Phi) is 5.68. The summed E-state index contributed by atoms with van der Waals surface area (Å²) in [5, 5.41) is 4.95. The van der Waals surface area contributed by atoms with E-state index in [0.29, 0.717) is 17.0 Å². The molecule has 0 aliphatic carbocycles. The Morgan fingerprint density at radius 1 is 0.926 bits per heavy atom. The molecule has 136 valence electrons. The molecule has 0 bridgehead atoms. The fourth-order valence-electron chi connectivity index (χ4n) is 2.10. The number of benzene rings is 2. The van der Waals surface area contributed by atoms with Gasteiger partial charge in [-0.15, -0.1) is 0 Å². The topological polar surface area (TPSA) is 93.2 Å². The van der Waals surface area contributed by atoms with Gasteiger partial charge in [-0.2, -0.15) is 0 Å². The molecular weight excluding hydrogens is 351 g/mol. The molecule has 3 aromatic rings. The van der Waals surface area contributed by atoms with Gasteiger partial charge in [0.05, 0.1) is 0 Å². The third-order valence-corrected chi connectivity index (χ3v) is 3.44. The molecule has 0 spiro atoms. The van der Waals surface area contributed by atoms with Crippen molar-refractivity contribution in [1.29, 1.82) is 0 Å². The monoisotopic (exact) mass is 366 g/mol. The molecule has 0 radical (unpaired) electrons. The Labute approximate surface area is 154 Å². The summed E-state index contributed by atoms with van der Waals surface area (Å²) in [7, 11) is 0. The van der Waals surface area contributed by atoms with Crippen molar-refractivity contribution in [3.8, 4) is 11.8 Å². The number of hydrogen-bond acceptors (Lipinski definition) is 5. The van der Waals surface area contributed by atoms with Crippen LogP contribution in [-0.2, 0) is 16.1 Å². The molecule has 7 nitrogen and oxygen atoms in total. The number of ether oxygens (including phenoxy) is 1. The Hall–Kier alpha value is -3.81. The smallest absolute Gasteiger partial charge is 0.321 e. The van der Waals surface area contributed by atoms with Gasteiger partial charge in [0.1, 0.15) is 11.6 Å². The number of carbonyl (C=O) groups is 2. The second-order valence-electron chi connectivity index (χ2n) is 5.42. The fraction of sp³-hybridized carbons (Fsp3) is 0.0526. The fourth-order valence-corrected chi connectivity index (χ4v) is 2.10. The molecule has 0 atom stereocenters. The summed E-state index contributed by atoms with van der Waals surface area (Å²) < 4.78 is 18.3. The van der Waals surface area contributed by atoms with Crippen LogP contribution in [0.5, 0.6) is 11.8 Å². The second-order valence-corrected chi connectivity index (χ2v) is 5.42. The first kappa shape index (κ1) is 18.0. The van der Waals surface area contributed by atoms with Gasteiger partial charge in [-0.05, 0) is 48.0 Å². The third kappa shape index (κ3) is 5.33. The minimum absolute atomic E-state index is 0.121. The lowest BCUT2D eigenvalue weighted by molar-refractivity contribution is -0.136. The highest BCUT2D eigenvalue weighted by Gasteiger charge is 2.13. The number of rotatable bonds is 5. The first-order chi connectivity index (χ1) is 13.1. The standard InChI is InChI=1S/C19H15FN4O3/c20-14-4-2-13(3-5-14)12-23-17(25)18(26)24-15-6-8-16(9-7-15)27-19-21-10-1-11-22-19/h1-11H,12H2,(H,23,25)(H,24,26). The average molecular weight is 366 g/mol. The zero-order chi connectivity index (χ0) is 19.1. The van der Waals surface area contributed by atoms with E-state index in [0.717, 1.165) is 0 Å². The molecule has 0 unspecified atom stereocenters. The minimum atomic E-state index is -0.808. The zero-order valence-electron chi connectivity index (χ0n) is 14.1. The van der Waals surface area contributed by atoms with Crippen LogP contribution in [0.15, 0.2) is 67.0 Å². The van der Waals surface area contributed by atoms with Crippen LogP contribution in [0.2, 0.25) is 0 Å². The van der Waals surface area contributed by atoms with E-state index in [2.05, 4.69) is 20.6 Å². The summed E-state index contributed by atoms with van der Waals surface area (Å²) in [5.41, 5.74) is 1.11. The molecule has 1 aromatic heterocycles. The molecule has 0 aliphatic rings. The van der Waals surface area contributed by atoms with Crippen molar-refractivity contribution >= 4 is 17.5 Å². The average Bonchev–Trinajstić information content (AvgIpc) is 2.69. The van der Waals surface area contributed by atoms with Gasteiger partial charge in [-0.1, -0.05) is 12.1 Å². The maximum atomic E-state index is 12.8. The van der Waals surface area contributed by atoms with Gasteiger partial charge in [0, 0.05) is 24.6 Å². The van der Waals surface area contributed by atoms with E-state index in [9.17, 15) is 14.0 Å². The van der Waals surface area contributed by atoms with Crippen LogP contribution >= 0.6 is 0 Å². The molecule has 0 fully saturated rings. The van der Waals surface area contributed by atoms with Crippen LogP contribution < -0.4 is 15.4 Å². The van der Waals surface area contributed by atoms with Crippen molar-refractivity contribution in [2.45, 2.75) is 6.54 Å². The minimum Gasteiger partial charge on any atom is -0.424 e. The number of hydrogen-bond donors (Lipinski definition) is 2. The number of aromatic nitrogens is 2. The van der Waals surface area contributed by atoms with E-state index < -0.39 is 11.8 Å². The molecule has 1 heterocycles. The van der Waals surface area contributed by atoms with Crippen molar-refractivity contribution in [3.05, 3.63) is 78.4 Å². The van der Waals surface area contributed by atoms with Gasteiger partial charge in [-0.25, -0.2) is 14.4 Å². The van der Waals surface area contributed by atoms with Gasteiger partial charge in [0.2, 0.25) is 0 Å². The highest BCUT2D eigenvalue weighted by Crippen LogP contribution is 2.19. The number of amides is 2. The lowest BCUT2D eigenvalue weighted by Gasteiger charge is -2.08. The summed E-state index contributed by atoms with van der Waals surface area (Å²) in [4.78, 5) is 31.7. The predicted octanol–water partition coefficient (Wildman–Crippen LogP) is 2.66. The maximum Gasteiger partial charge on any atom is 0.321 e. The van der Waals surface area contributed by atoms with Crippen molar-refractivity contribution in [2.75, 3.05) is 5.32 Å². The number of halogens is 1.